The number of rotatable bonds is 5. The number of hydrogen-bond donors (Lipinski definition) is 0. The highest BCUT2D eigenvalue weighted by atomic mass is 35.5. The highest BCUT2D eigenvalue weighted by Gasteiger charge is 2.16. The van der Waals surface area contributed by atoms with Crippen molar-refractivity contribution in [2.45, 2.75) is 19.8 Å². The summed E-state index contributed by atoms with van der Waals surface area (Å²) >= 11 is 5.58. The number of anilines is 1. The molecule has 1 aromatic rings. The maximum atomic E-state index is 5.58. The normalized spacial score (nSPS) is 14.8. The fraction of sp³-hybridized carbons (Fsp3) is 0.571. The molecule has 94 valence electrons. The molecule has 0 N–H and O–H groups in total. The molecule has 0 aliphatic carbocycles. The molecule has 0 atom stereocenters. The van der Waals surface area contributed by atoms with E-state index in [1.807, 2.05) is 0 Å². The zero-order chi connectivity index (χ0) is 12.1. The van der Waals surface area contributed by atoms with Crippen LogP contribution in [0.25, 0.3) is 0 Å². The van der Waals surface area contributed by atoms with Gasteiger partial charge in [0, 0.05) is 24.7 Å². The average Bonchev–Trinajstić information content (AvgIpc) is 2.34. The second-order valence-corrected chi connectivity index (χ2v) is 4.90. The van der Waals surface area contributed by atoms with Gasteiger partial charge in [0.2, 0.25) is 0 Å². The van der Waals surface area contributed by atoms with Gasteiger partial charge in [-0.15, -0.1) is 11.6 Å². The first-order valence-electron chi connectivity index (χ1n) is 6.29. The van der Waals surface area contributed by atoms with Crippen molar-refractivity contribution in [3.05, 3.63) is 29.3 Å². The molecule has 0 aromatic heterocycles. The Labute approximate surface area is 109 Å². The zero-order valence-electron chi connectivity index (χ0n) is 10.4. The number of hydrogen-bond acceptors (Lipinski definition) is 2. The van der Waals surface area contributed by atoms with Crippen LogP contribution in [0.4, 0.5) is 5.69 Å². The van der Waals surface area contributed by atoms with Crippen molar-refractivity contribution in [2.24, 2.45) is 0 Å². The Bertz CT molecular complexity index is 367. The number of benzene rings is 1. The first-order valence-corrected chi connectivity index (χ1v) is 6.83. The summed E-state index contributed by atoms with van der Waals surface area (Å²) in [4.78, 5) is 2.42. The summed E-state index contributed by atoms with van der Waals surface area (Å²) in [5.74, 6) is 0.579. The summed E-state index contributed by atoms with van der Waals surface area (Å²) in [7, 11) is 0. The predicted octanol–water partition coefficient (Wildman–Crippen LogP) is 3.00. The second kappa shape index (κ2) is 6.27. The second-order valence-electron chi connectivity index (χ2n) is 4.52. The molecule has 0 amide bonds. The molecule has 1 aliphatic rings. The molecule has 1 aromatic carbocycles. The van der Waals surface area contributed by atoms with Crippen LogP contribution in [0.15, 0.2) is 18.2 Å². The molecular formula is C14H20ClNO. The number of ether oxygens (including phenoxy) is 1. The first kappa shape index (κ1) is 12.7. The Kier molecular flexibility index (Phi) is 4.69. The molecule has 0 saturated heterocycles. The number of aryl methyl sites for hydroxylation is 2. The van der Waals surface area contributed by atoms with Gasteiger partial charge >= 0.3 is 0 Å². The fourth-order valence-corrected chi connectivity index (χ4v) is 2.48. The van der Waals surface area contributed by atoms with Crippen LogP contribution in [-0.2, 0) is 11.2 Å². The summed E-state index contributed by atoms with van der Waals surface area (Å²) in [5, 5.41) is 0. The van der Waals surface area contributed by atoms with Crippen LogP contribution in [0.2, 0.25) is 0 Å². The standard InChI is InChI=1S/C14H20ClNO/c1-12-4-5-14-13(11-12)3-2-7-16(14)8-10-17-9-6-15/h4-5,11H,2-3,6-10H2,1H3. The van der Waals surface area contributed by atoms with E-state index in [0.717, 1.165) is 19.7 Å². The van der Waals surface area contributed by atoms with Gasteiger partial charge in [-0.3, -0.25) is 0 Å². The minimum atomic E-state index is 0.579. The van der Waals surface area contributed by atoms with Crippen LogP contribution >= 0.6 is 11.6 Å². The lowest BCUT2D eigenvalue weighted by molar-refractivity contribution is 0.155. The van der Waals surface area contributed by atoms with E-state index in [1.165, 1.54) is 29.7 Å². The van der Waals surface area contributed by atoms with Gasteiger partial charge in [-0.1, -0.05) is 17.7 Å². The molecule has 3 heteroatoms. The summed E-state index contributed by atoms with van der Waals surface area (Å²) in [6.45, 7) is 5.67. The van der Waals surface area contributed by atoms with Crippen LogP contribution < -0.4 is 4.90 Å². The van der Waals surface area contributed by atoms with E-state index in [0.29, 0.717) is 12.5 Å². The van der Waals surface area contributed by atoms with Gasteiger partial charge in [0.25, 0.3) is 0 Å². The van der Waals surface area contributed by atoms with Gasteiger partial charge < -0.3 is 9.64 Å². The number of halogens is 1. The van der Waals surface area contributed by atoms with E-state index >= 15 is 0 Å². The van der Waals surface area contributed by atoms with Crippen LogP contribution in [-0.4, -0.2) is 32.2 Å². The summed E-state index contributed by atoms with van der Waals surface area (Å²) in [5.41, 5.74) is 4.22. The third kappa shape index (κ3) is 3.36. The van der Waals surface area contributed by atoms with Crippen molar-refractivity contribution in [1.29, 1.82) is 0 Å². The molecule has 0 bridgehead atoms. The number of nitrogens with zero attached hydrogens (tertiary/aromatic N) is 1. The van der Waals surface area contributed by atoms with Crippen LogP contribution in [0, 0.1) is 6.92 Å². The highest BCUT2D eigenvalue weighted by molar-refractivity contribution is 6.17. The topological polar surface area (TPSA) is 12.5 Å². The molecule has 17 heavy (non-hydrogen) atoms. The highest BCUT2D eigenvalue weighted by Crippen LogP contribution is 2.27. The van der Waals surface area contributed by atoms with Crippen molar-refractivity contribution in [3.63, 3.8) is 0 Å². The summed E-state index contributed by atoms with van der Waals surface area (Å²) < 4.78 is 5.45. The summed E-state index contributed by atoms with van der Waals surface area (Å²) in [6.07, 6.45) is 2.45. The molecule has 0 spiro atoms. The smallest absolute Gasteiger partial charge is 0.0642 e. The molecule has 0 fully saturated rings. The SMILES string of the molecule is Cc1ccc2c(c1)CCCN2CCOCCCl. The van der Waals surface area contributed by atoms with Crippen molar-refractivity contribution >= 4 is 17.3 Å². The van der Waals surface area contributed by atoms with Gasteiger partial charge in [0.15, 0.2) is 0 Å². The average molecular weight is 254 g/mol. The minimum Gasteiger partial charge on any atom is -0.378 e. The van der Waals surface area contributed by atoms with E-state index in [-0.39, 0.29) is 0 Å². The maximum absolute atomic E-state index is 5.58. The third-order valence-electron chi connectivity index (χ3n) is 3.18. The van der Waals surface area contributed by atoms with Gasteiger partial charge in [-0.05, 0) is 31.4 Å². The molecule has 1 aliphatic heterocycles. The van der Waals surface area contributed by atoms with E-state index in [1.54, 1.807) is 0 Å². The van der Waals surface area contributed by atoms with Gasteiger partial charge in [-0.25, -0.2) is 0 Å². The Balaban J connectivity index is 1.97. The number of fused-ring (bicyclic) bond motifs is 1. The third-order valence-corrected chi connectivity index (χ3v) is 3.33. The lowest BCUT2D eigenvalue weighted by Crippen LogP contribution is -2.32. The van der Waals surface area contributed by atoms with Gasteiger partial charge in [-0.2, -0.15) is 0 Å². The van der Waals surface area contributed by atoms with E-state index in [9.17, 15) is 0 Å². The molecule has 0 saturated carbocycles. The Morgan fingerprint density at radius 3 is 3.06 bits per heavy atom. The Hall–Kier alpha value is -0.730. The van der Waals surface area contributed by atoms with Crippen molar-refractivity contribution < 1.29 is 4.74 Å². The molecule has 2 rings (SSSR count). The van der Waals surface area contributed by atoms with Gasteiger partial charge in [0.05, 0.1) is 13.2 Å². The van der Waals surface area contributed by atoms with E-state index in [2.05, 4.69) is 30.0 Å². The maximum Gasteiger partial charge on any atom is 0.0642 e. The van der Waals surface area contributed by atoms with Crippen LogP contribution in [0.5, 0.6) is 0 Å². The molecule has 1 heterocycles. The van der Waals surface area contributed by atoms with E-state index < -0.39 is 0 Å². The largest absolute Gasteiger partial charge is 0.378 e. The molecule has 0 radical (unpaired) electrons. The Morgan fingerprint density at radius 1 is 1.35 bits per heavy atom. The minimum absolute atomic E-state index is 0.579. The zero-order valence-corrected chi connectivity index (χ0v) is 11.2. The van der Waals surface area contributed by atoms with E-state index in [4.69, 9.17) is 16.3 Å². The number of alkyl halides is 1. The van der Waals surface area contributed by atoms with Crippen LogP contribution in [0.1, 0.15) is 17.5 Å². The van der Waals surface area contributed by atoms with Crippen molar-refractivity contribution in [1.82, 2.24) is 0 Å². The molecule has 0 unspecified atom stereocenters. The quantitative estimate of drug-likeness (QED) is 0.591. The molecular weight excluding hydrogens is 234 g/mol. The monoisotopic (exact) mass is 253 g/mol. The van der Waals surface area contributed by atoms with Crippen LogP contribution in [0.3, 0.4) is 0 Å². The van der Waals surface area contributed by atoms with Gasteiger partial charge in [0.1, 0.15) is 0 Å². The predicted molar refractivity (Wildman–Crippen MR) is 73.3 cm³/mol. The lowest BCUT2D eigenvalue weighted by Gasteiger charge is -2.31. The fourth-order valence-electron chi connectivity index (χ4n) is 2.37. The molecule has 2 nitrogen and oxygen atoms in total. The Morgan fingerprint density at radius 2 is 2.24 bits per heavy atom. The van der Waals surface area contributed by atoms with Crippen molar-refractivity contribution in [2.75, 3.05) is 37.1 Å². The first-order chi connectivity index (χ1) is 8.31. The summed E-state index contributed by atoms with van der Waals surface area (Å²) in [6, 6.07) is 6.74. The lowest BCUT2D eigenvalue weighted by atomic mass is 10.00. The van der Waals surface area contributed by atoms with Crippen molar-refractivity contribution in [3.8, 4) is 0 Å².